The standard InChI is InChI=1S/C47H76O12S/c1-3-5-7-9-11-13-15-17-18-19-20-21-22-24-26-28-30-32-34-36-43(49)58-40(38-57-47-46(52)45(51)44(50)41(59-47)39-60(53,54)55)37-56-42(48)35-33-31-29-27-25-23-16-14-12-10-8-6-4-2/h5,7,11,13-14,16-18,20-21,24,26,30,32,40-41,44-47,50-52H,3-4,6,8-10,12,15,19,22-23,25,27-29,31,33-39H2,1-2H3,(H,53,54,55)/b7-5+,13-11+,16-14+,18-17+,21-20+,26-24+,32-30+/t40-,41-,44-,45?,46?,47+/m1/s1. The van der Waals surface area contributed by atoms with Gasteiger partial charge in [-0.2, -0.15) is 8.42 Å². The van der Waals surface area contributed by atoms with Gasteiger partial charge in [0.05, 0.1) is 6.61 Å². The average molecular weight is 865 g/mol. The lowest BCUT2D eigenvalue weighted by molar-refractivity contribution is -0.297. The summed E-state index contributed by atoms with van der Waals surface area (Å²) >= 11 is 0. The molecule has 0 aliphatic carbocycles. The molecule has 0 saturated carbocycles. The molecule has 13 heteroatoms. The van der Waals surface area contributed by atoms with Crippen LogP contribution < -0.4 is 0 Å². The lowest BCUT2D eigenvalue weighted by Crippen LogP contribution is -2.60. The second-order valence-electron chi connectivity index (χ2n) is 15.0. The molecule has 2 unspecified atom stereocenters. The third kappa shape index (κ3) is 30.8. The second-order valence-corrected chi connectivity index (χ2v) is 16.5. The first kappa shape index (κ1) is 54.8. The maximum Gasteiger partial charge on any atom is 0.306 e. The number of hydrogen-bond donors (Lipinski definition) is 4. The van der Waals surface area contributed by atoms with Crippen molar-refractivity contribution in [2.45, 2.75) is 179 Å². The molecule has 4 N–H and O–H groups in total. The van der Waals surface area contributed by atoms with Crippen LogP contribution in [0.15, 0.2) is 85.1 Å². The van der Waals surface area contributed by atoms with Crippen molar-refractivity contribution in [2.75, 3.05) is 19.0 Å². The Kier molecular flexibility index (Phi) is 33.3. The highest BCUT2D eigenvalue weighted by molar-refractivity contribution is 7.85. The Morgan fingerprint density at radius 1 is 0.583 bits per heavy atom. The number of rotatable bonds is 35. The van der Waals surface area contributed by atoms with E-state index in [2.05, 4.69) is 80.7 Å². The molecule has 342 valence electrons. The van der Waals surface area contributed by atoms with E-state index in [1.807, 2.05) is 18.2 Å². The third-order valence-corrected chi connectivity index (χ3v) is 10.2. The summed E-state index contributed by atoms with van der Waals surface area (Å²) in [5.41, 5.74) is 0. The van der Waals surface area contributed by atoms with E-state index in [0.717, 1.165) is 70.6 Å². The minimum Gasteiger partial charge on any atom is -0.462 e. The predicted molar refractivity (Wildman–Crippen MR) is 238 cm³/mol. The fourth-order valence-electron chi connectivity index (χ4n) is 6.05. The van der Waals surface area contributed by atoms with Gasteiger partial charge in [-0.05, 0) is 77.0 Å². The number of carbonyl (C=O) groups is 2. The van der Waals surface area contributed by atoms with Crippen LogP contribution in [-0.2, 0) is 38.7 Å². The topological polar surface area (TPSA) is 186 Å². The summed E-state index contributed by atoms with van der Waals surface area (Å²) in [4.78, 5) is 25.3. The van der Waals surface area contributed by atoms with E-state index in [4.69, 9.17) is 18.9 Å². The van der Waals surface area contributed by atoms with Crippen LogP contribution in [0.2, 0.25) is 0 Å². The van der Waals surface area contributed by atoms with E-state index in [9.17, 15) is 37.9 Å². The number of esters is 2. The van der Waals surface area contributed by atoms with Crippen LogP contribution in [0, 0.1) is 0 Å². The minimum atomic E-state index is -4.62. The molecular formula is C47H76O12S. The highest BCUT2D eigenvalue weighted by atomic mass is 32.2. The molecule has 60 heavy (non-hydrogen) atoms. The Labute approximate surface area is 360 Å². The number of allylic oxidation sites excluding steroid dienone is 14. The van der Waals surface area contributed by atoms with E-state index in [0.29, 0.717) is 19.3 Å². The van der Waals surface area contributed by atoms with Gasteiger partial charge >= 0.3 is 11.9 Å². The first-order chi connectivity index (χ1) is 29.0. The largest absolute Gasteiger partial charge is 0.462 e. The zero-order valence-corrected chi connectivity index (χ0v) is 37.1. The zero-order chi connectivity index (χ0) is 44.1. The predicted octanol–water partition coefficient (Wildman–Crippen LogP) is 8.89. The van der Waals surface area contributed by atoms with Gasteiger partial charge in [-0.1, -0.05) is 137 Å². The van der Waals surface area contributed by atoms with Crippen LogP contribution in [0.25, 0.3) is 0 Å². The van der Waals surface area contributed by atoms with Gasteiger partial charge in [-0.3, -0.25) is 14.1 Å². The maximum absolute atomic E-state index is 12.8. The summed E-state index contributed by atoms with van der Waals surface area (Å²) in [6.07, 6.45) is 37.8. The lowest BCUT2D eigenvalue weighted by atomic mass is 10.00. The summed E-state index contributed by atoms with van der Waals surface area (Å²) in [7, 11) is -4.62. The van der Waals surface area contributed by atoms with Gasteiger partial charge in [0.2, 0.25) is 0 Å². The van der Waals surface area contributed by atoms with E-state index in [1.165, 1.54) is 25.7 Å². The molecule has 0 radical (unpaired) electrons. The summed E-state index contributed by atoms with van der Waals surface area (Å²) in [6.45, 7) is 3.54. The van der Waals surface area contributed by atoms with E-state index in [-0.39, 0.29) is 19.4 Å². The lowest BCUT2D eigenvalue weighted by Gasteiger charge is -2.40. The van der Waals surface area contributed by atoms with Crippen LogP contribution in [0.1, 0.15) is 142 Å². The third-order valence-electron chi connectivity index (χ3n) is 9.47. The van der Waals surface area contributed by atoms with E-state index < -0.39 is 71.2 Å². The number of carbonyl (C=O) groups excluding carboxylic acids is 2. The van der Waals surface area contributed by atoms with Crippen LogP contribution >= 0.6 is 0 Å². The molecule has 0 amide bonds. The van der Waals surface area contributed by atoms with Crippen molar-refractivity contribution in [2.24, 2.45) is 0 Å². The fourth-order valence-corrected chi connectivity index (χ4v) is 6.74. The molecule has 1 fully saturated rings. The van der Waals surface area contributed by atoms with E-state index in [1.54, 1.807) is 0 Å². The Hall–Kier alpha value is -3.17. The Bertz CT molecular complexity index is 1430. The second kappa shape index (κ2) is 36.5. The molecule has 1 aliphatic heterocycles. The molecule has 0 bridgehead atoms. The zero-order valence-electron chi connectivity index (χ0n) is 36.3. The van der Waals surface area contributed by atoms with Crippen LogP contribution in [0.5, 0.6) is 0 Å². The Balaban J connectivity index is 2.53. The number of unbranched alkanes of at least 4 members (excludes halogenated alkanes) is 9. The van der Waals surface area contributed by atoms with Crippen LogP contribution in [0.3, 0.4) is 0 Å². The van der Waals surface area contributed by atoms with Crippen molar-refractivity contribution < 1.29 is 56.8 Å². The number of aliphatic hydroxyl groups excluding tert-OH is 3. The maximum atomic E-state index is 12.8. The summed E-state index contributed by atoms with van der Waals surface area (Å²) < 4.78 is 53.9. The molecule has 1 rings (SSSR count). The van der Waals surface area contributed by atoms with Crippen molar-refractivity contribution in [3.8, 4) is 0 Å². The summed E-state index contributed by atoms with van der Waals surface area (Å²) in [6, 6.07) is 0. The van der Waals surface area contributed by atoms with Gasteiger partial charge in [-0.25, -0.2) is 0 Å². The summed E-state index contributed by atoms with van der Waals surface area (Å²) in [5, 5.41) is 30.8. The number of ether oxygens (including phenoxy) is 4. The molecule has 6 atom stereocenters. The monoisotopic (exact) mass is 865 g/mol. The van der Waals surface area contributed by atoms with Crippen LogP contribution in [-0.4, -0.2) is 96.0 Å². The Morgan fingerprint density at radius 3 is 1.63 bits per heavy atom. The van der Waals surface area contributed by atoms with Gasteiger partial charge in [0.1, 0.15) is 36.8 Å². The first-order valence-corrected chi connectivity index (χ1v) is 23.8. The Morgan fingerprint density at radius 2 is 1.08 bits per heavy atom. The van der Waals surface area contributed by atoms with Gasteiger partial charge < -0.3 is 34.3 Å². The molecule has 1 heterocycles. The first-order valence-electron chi connectivity index (χ1n) is 22.1. The highest BCUT2D eigenvalue weighted by Crippen LogP contribution is 2.24. The molecule has 0 aromatic rings. The molecular weight excluding hydrogens is 789 g/mol. The molecule has 0 aromatic heterocycles. The minimum absolute atomic E-state index is 0.0330. The van der Waals surface area contributed by atoms with Crippen molar-refractivity contribution in [1.82, 2.24) is 0 Å². The smallest absolute Gasteiger partial charge is 0.306 e. The van der Waals surface area contributed by atoms with Crippen molar-refractivity contribution >= 4 is 22.1 Å². The number of hydrogen-bond acceptors (Lipinski definition) is 11. The SMILES string of the molecule is CC/C=C/C/C=C/C/C=C/C/C=C/C/C=C/C/C=C/CCC(=O)O[C@H](COC(=O)CCCCCCC/C=C/CCCCCC)CO[C@H]1O[C@H](CS(=O)(=O)O)[C@@H](O)C(O)C1O. The van der Waals surface area contributed by atoms with Crippen molar-refractivity contribution in [3.05, 3.63) is 85.1 Å². The number of aliphatic hydroxyl groups is 3. The quantitative estimate of drug-likeness (QED) is 0.0206. The fraction of sp³-hybridized carbons (Fsp3) is 0.660. The van der Waals surface area contributed by atoms with E-state index >= 15 is 0 Å². The normalized spacial score (nSPS) is 20.9. The van der Waals surface area contributed by atoms with Gasteiger partial charge in [-0.15, -0.1) is 0 Å². The average Bonchev–Trinajstić information content (AvgIpc) is 3.21. The van der Waals surface area contributed by atoms with Gasteiger partial charge in [0.25, 0.3) is 10.1 Å². The van der Waals surface area contributed by atoms with Crippen molar-refractivity contribution in [3.63, 3.8) is 0 Å². The molecule has 1 aliphatic rings. The molecule has 0 aromatic carbocycles. The highest BCUT2D eigenvalue weighted by Gasteiger charge is 2.46. The van der Waals surface area contributed by atoms with Gasteiger partial charge in [0.15, 0.2) is 12.4 Å². The van der Waals surface area contributed by atoms with Gasteiger partial charge in [0, 0.05) is 12.8 Å². The van der Waals surface area contributed by atoms with Crippen molar-refractivity contribution in [1.29, 1.82) is 0 Å². The van der Waals surface area contributed by atoms with Crippen LogP contribution in [0.4, 0.5) is 0 Å². The summed E-state index contributed by atoms with van der Waals surface area (Å²) in [5.74, 6) is -2.12. The molecule has 1 saturated heterocycles. The molecule has 0 spiro atoms. The molecule has 12 nitrogen and oxygen atoms in total.